The number of pyridine rings is 2. The van der Waals surface area contributed by atoms with Crippen LogP contribution < -0.4 is 11.2 Å². The predicted octanol–water partition coefficient (Wildman–Crippen LogP) is 4.19. The number of aryl methyl sites for hydroxylation is 1. The molecule has 5 nitrogen and oxygen atoms in total. The molecular formula is C20H18ClF2N3O2. The predicted molar refractivity (Wildman–Crippen MR) is 105 cm³/mol. The van der Waals surface area contributed by atoms with E-state index in [4.69, 9.17) is 17.3 Å². The quantitative estimate of drug-likeness (QED) is 0.682. The van der Waals surface area contributed by atoms with E-state index in [-0.39, 0.29) is 16.1 Å². The number of fused-ring (bicyclic) bond motifs is 1. The summed E-state index contributed by atoms with van der Waals surface area (Å²) in [6.07, 6.45) is -1.22. The van der Waals surface area contributed by atoms with Gasteiger partial charge in [0.15, 0.2) is 5.43 Å². The largest absolute Gasteiger partial charge is 0.364 e. The summed E-state index contributed by atoms with van der Waals surface area (Å²) in [5.74, 6) is -0.804. The Morgan fingerprint density at radius 3 is 2.57 bits per heavy atom. The van der Waals surface area contributed by atoms with Crippen molar-refractivity contribution in [3.63, 3.8) is 0 Å². The third-order valence-electron chi connectivity index (χ3n) is 4.82. The van der Waals surface area contributed by atoms with Crippen LogP contribution in [0.15, 0.2) is 35.3 Å². The number of H-pyrrole nitrogens is 1. The molecule has 0 atom stereocenters. The van der Waals surface area contributed by atoms with Gasteiger partial charge in [-0.3, -0.25) is 14.6 Å². The van der Waals surface area contributed by atoms with E-state index >= 15 is 0 Å². The fourth-order valence-electron chi connectivity index (χ4n) is 3.11. The van der Waals surface area contributed by atoms with Crippen molar-refractivity contribution in [1.82, 2.24) is 9.97 Å². The average molecular weight is 406 g/mol. The van der Waals surface area contributed by atoms with Crippen molar-refractivity contribution in [2.24, 2.45) is 5.73 Å². The first-order valence-corrected chi connectivity index (χ1v) is 8.82. The van der Waals surface area contributed by atoms with Gasteiger partial charge >= 0.3 is 0 Å². The molecular weight excluding hydrogens is 388 g/mol. The van der Waals surface area contributed by atoms with Gasteiger partial charge in [0.1, 0.15) is 5.69 Å². The van der Waals surface area contributed by atoms with Crippen molar-refractivity contribution in [2.75, 3.05) is 0 Å². The topological polar surface area (TPSA) is 88.8 Å². The zero-order chi connectivity index (χ0) is 20.8. The number of carbonyl (C=O) groups is 1. The Balaban J connectivity index is 2.23. The summed E-state index contributed by atoms with van der Waals surface area (Å²) in [4.78, 5) is 31.1. The molecule has 3 rings (SSSR count). The molecule has 2 aromatic heterocycles. The lowest BCUT2D eigenvalue weighted by atomic mass is 9.83. The second kappa shape index (κ2) is 6.98. The Morgan fingerprint density at radius 1 is 1.29 bits per heavy atom. The smallest absolute Gasteiger partial charge is 0.268 e. The van der Waals surface area contributed by atoms with E-state index in [2.05, 4.69) is 9.97 Å². The Morgan fingerprint density at radius 2 is 1.96 bits per heavy atom. The summed E-state index contributed by atoms with van der Waals surface area (Å²) in [6.45, 7) is 4.60. The van der Waals surface area contributed by atoms with E-state index in [1.807, 2.05) is 0 Å². The minimum atomic E-state index is -2.59. The van der Waals surface area contributed by atoms with Gasteiger partial charge in [0, 0.05) is 22.8 Å². The Labute approximate surface area is 164 Å². The number of aromatic amines is 1. The molecule has 0 saturated carbocycles. The highest BCUT2D eigenvalue weighted by atomic mass is 35.5. The number of nitrogens with zero attached hydrogens (tertiary/aromatic N) is 1. The van der Waals surface area contributed by atoms with Crippen LogP contribution in [0.3, 0.4) is 0 Å². The van der Waals surface area contributed by atoms with E-state index in [9.17, 15) is 18.4 Å². The van der Waals surface area contributed by atoms with Crippen LogP contribution in [0.5, 0.6) is 0 Å². The van der Waals surface area contributed by atoms with E-state index in [1.54, 1.807) is 25.1 Å². The summed E-state index contributed by atoms with van der Waals surface area (Å²) in [6, 6.07) is 6.03. The molecule has 2 heterocycles. The third kappa shape index (κ3) is 3.26. The number of carbonyl (C=O) groups excluding carboxylic acids is 1. The van der Waals surface area contributed by atoms with Crippen LogP contribution in [0.25, 0.3) is 22.2 Å². The second-order valence-corrected chi connectivity index (χ2v) is 7.57. The summed E-state index contributed by atoms with van der Waals surface area (Å²) in [5, 5.41) is 0.275. The van der Waals surface area contributed by atoms with Gasteiger partial charge in [0.25, 0.3) is 5.91 Å². The van der Waals surface area contributed by atoms with Crippen molar-refractivity contribution >= 4 is 28.4 Å². The van der Waals surface area contributed by atoms with Gasteiger partial charge in [-0.05, 0) is 30.2 Å². The van der Waals surface area contributed by atoms with Crippen molar-refractivity contribution in [3.05, 3.63) is 62.5 Å². The maximum absolute atomic E-state index is 13.4. The highest BCUT2D eigenvalue weighted by Crippen LogP contribution is 2.38. The van der Waals surface area contributed by atoms with Crippen LogP contribution in [-0.4, -0.2) is 22.3 Å². The van der Waals surface area contributed by atoms with Gasteiger partial charge in [-0.25, -0.2) is 8.78 Å². The first-order valence-electron chi connectivity index (χ1n) is 8.45. The molecule has 0 unspecified atom stereocenters. The zero-order valence-corrected chi connectivity index (χ0v) is 16.2. The molecule has 0 fully saturated rings. The van der Waals surface area contributed by atoms with Crippen LogP contribution in [-0.2, 0) is 5.41 Å². The number of rotatable bonds is 4. The van der Waals surface area contributed by atoms with E-state index in [0.29, 0.717) is 27.9 Å². The standard InChI is InChI=1S/C20H18ClF2N3O2/c1-9-6-11(20(2,3)19(22)23)12(21)7-10(9)14-8-15(27)16-13(26-14)4-5-25-17(16)18(24)28/h4-8,19H,1-3H3,(H2,24,28)(H,26,27). The zero-order valence-electron chi connectivity index (χ0n) is 15.4. The van der Waals surface area contributed by atoms with Crippen LogP contribution in [0.4, 0.5) is 8.78 Å². The fraction of sp³-hybridized carbons (Fsp3) is 0.250. The fourth-order valence-corrected chi connectivity index (χ4v) is 3.52. The molecule has 3 aromatic rings. The van der Waals surface area contributed by atoms with Gasteiger partial charge in [-0.2, -0.15) is 0 Å². The lowest BCUT2D eigenvalue weighted by Crippen LogP contribution is -2.27. The lowest BCUT2D eigenvalue weighted by Gasteiger charge is -2.26. The van der Waals surface area contributed by atoms with Crippen molar-refractivity contribution in [2.45, 2.75) is 32.6 Å². The molecule has 0 saturated heterocycles. The molecule has 28 heavy (non-hydrogen) atoms. The number of primary amides is 1. The van der Waals surface area contributed by atoms with E-state index in [1.165, 1.54) is 26.1 Å². The maximum atomic E-state index is 13.4. The number of halogens is 3. The number of alkyl halides is 2. The number of benzene rings is 1. The molecule has 3 N–H and O–H groups in total. The van der Waals surface area contributed by atoms with E-state index in [0.717, 1.165) is 0 Å². The molecule has 0 aliphatic carbocycles. The van der Waals surface area contributed by atoms with Crippen molar-refractivity contribution in [3.8, 4) is 11.3 Å². The highest BCUT2D eigenvalue weighted by Gasteiger charge is 2.34. The van der Waals surface area contributed by atoms with Crippen molar-refractivity contribution < 1.29 is 13.6 Å². The first kappa shape index (κ1) is 19.9. The molecule has 0 spiro atoms. The average Bonchev–Trinajstić information content (AvgIpc) is 2.62. The van der Waals surface area contributed by atoms with Gasteiger partial charge < -0.3 is 10.7 Å². The summed E-state index contributed by atoms with van der Waals surface area (Å²) >= 11 is 6.31. The molecule has 1 aromatic carbocycles. The van der Waals surface area contributed by atoms with Gasteiger partial charge in [-0.15, -0.1) is 0 Å². The summed E-state index contributed by atoms with van der Waals surface area (Å²) in [5.41, 5.74) is 5.75. The Kier molecular flexibility index (Phi) is 4.97. The highest BCUT2D eigenvalue weighted by molar-refractivity contribution is 6.31. The Hall–Kier alpha value is -2.80. The van der Waals surface area contributed by atoms with Crippen molar-refractivity contribution in [1.29, 1.82) is 0 Å². The van der Waals surface area contributed by atoms with Crippen LogP contribution in [0.1, 0.15) is 35.5 Å². The number of hydrogen-bond donors (Lipinski definition) is 2. The minimum Gasteiger partial charge on any atom is -0.364 e. The minimum absolute atomic E-state index is 0.0953. The molecule has 1 amide bonds. The summed E-state index contributed by atoms with van der Waals surface area (Å²) < 4.78 is 26.8. The number of aromatic nitrogens is 2. The molecule has 8 heteroatoms. The SMILES string of the molecule is Cc1cc(C(C)(C)C(F)F)c(Cl)cc1-c1cc(=O)c2c(C(N)=O)nccc2[nH]1. The normalized spacial score (nSPS) is 12.0. The van der Waals surface area contributed by atoms with Gasteiger partial charge in [-0.1, -0.05) is 31.5 Å². The summed E-state index contributed by atoms with van der Waals surface area (Å²) in [7, 11) is 0. The molecule has 0 aliphatic heterocycles. The first-order chi connectivity index (χ1) is 13.0. The van der Waals surface area contributed by atoms with Gasteiger partial charge in [0.2, 0.25) is 6.43 Å². The molecule has 0 aliphatic rings. The maximum Gasteiger partial charge on any atom is 0.268 e. The molecule has 0 bridgehead atoms. The van der Waals surface area contributed by atoms with Crippen LogP contribution >= 0.6 is 11.6 Å². The van der Waals surface area contributed by atoms with Crippen LogP contribution in [0.2, 0.25) is 5.02 Å². The second-order valence-electron chi connectivity index (χ2n) is 7.16. The number of nitrogens with two attached hydrogens (primary N) is 1. The van der Waals surface area contributed by atoms with Gasteiger partial charge in [0.05, 0.1) is 22.0 Å². The molecule has 0 radical (unpaired) electrons. The Bertz CT molecular complexity index is 1160. The monoisotopic (exact) mass is 405 g/mol. The number of nitrogens with one attached hydrogen (secondary N) is 1. The number of amides is 1. The lowest BCUT2D eigenvalue weighted by molar-refractivity contribution is 0.0694. The van der Waals surface area contributed by atoms with Crippen LogP contribution in [0, 0.1) is 6.92 Å². The molecule has 146 valence electrons. The van der Waals surface area contributed by atoms with E-state index < -0.39 is 23.2 Å². The third-order valence-corrected chi connectivity index (χ3v) is 5.13. The number of hydrogen-bond acceptors (Lipinski definition) is 3.